The number of piperazine rings is 1. The number of anilines is 1. The first-order chi connectivity index (χ1) is 13.9. The summed E-state index contributed by atoms with van der Waals surface area (Å²) in [5.41, 5.74) is 0.745. The predicted molar refractivity (Wildman–Crippen MR) is 106 cm³/mol. The fraction of sp³-hybridized carbons (Fsp3) is 0.389. The van der Waals surface area contributed by atoms with Gasteiger partial charge in [-0.05, 0) is 23.8 Å². The number of benzene rings is 1. The second-order valence-corrected chi connectivity index (χ2v) is 8.58. The van der Waals surface area contributed by atoms with Crippen LogP contribution in [-0.4, -0.2) is 67.2 Å². The van der Waals surface area contributed by atoms with E-state index in [0.29, 0.717) is 32.1 Å². The van der Waals surface area contributed by atoms with E-state index in [4.69, 9.17) is 0 Å². The molecule has 29 heavy (non-hydrogen) atoms. The van der Waals surface area contributed by atoms with E-state index in [1.807, 2.05) is 4.90 Å². The van der Waals surface area contributed by atoms with Crippen LogP contribution in [0.3, 0.4) is 0 Å². The summed E-state index contributed by atoms with van der Waals surface area (Å²) in [6, 6.07) is 7.01. The van der Waals surface area contributed by atoms with Crippen molar-refractivity contribution in [2.45, 2.75) is 6.54 Å². The van der Waals surface area contributed by atoms with Gasteiger partial charge in [-0.3, -0.25) is 0 Å². The molecule has 11 heteroatoms. The molecule has 3 rings (SSSR count). The molecule has 1 fully saturated rings. The van der Waals surface area contributed by atoms with Crippen LogP contribution in [0.4, 0.5) is 15.1 Å². The SMILES string of the molecule is O=C(NCCS(=O)(=O)N1CCN(c2ncccn2)CC1)NCc1ccc(F)cc1. The number of rotatable bonds is 7. The van der Waals surface area contributed by atoms with Gasteiger partial charge in [0.25, 0.3) is 0 Å². The zero-order valence-electron chi connectivity index (χ0n) is 15.8. The van der Waals surface area contributed by atoms with E-state index in [-0.39, 0.29) is 24.7 Å². The molecule has 1 aromatic carbocycles. The molecule has 2 N–H and O–H groups in total. The highest BCUT2D eigenvalue weighted by Gasteiger charge is 2.27. The molecule has 1 aromatic heterocycles. The van der Waals surface area contributed by atoms with Gasteiger partial charge in [0.1, 0.15) is 5.82 Å². The maximum Gasteiger partial charge on any atom is 0.315 e. The van der Waals surface area contributed by atoms with E-state index in [0.717, 1.165) is 5.56 Å². The number of amides is 2. The lowest BCUT2D eigenvalue weighted by Gasteiger charge is -2.33. The molecular formula is C18H23FN6O3S. The topological polar surface area (TPSA) is 108 Å². The van der Waals surface area contributed by atoms with Crippen molar-refractivity contribution >= 4 is 22.0 Å². The standard InChI is InChI=1S/C18H23FN6O3S/c19-16-4-2-15(3-5-16)14-23-18(26)22-8-13-29(27,28)25-11-9-24(10-12-25)17-20-6-1-7-21-17/h1-7H,8-14H2,(H2,22,23,26). The van der Waals surface area contributed by atoms with E-state index < -0.39 is 16.1 Å². The highest BCUT2D eigenvalue weighted by atomic mass is 32.2. The van der Waals surface area contributed by atoms with Crippen molar-refractivity contribution in [2.75, 3.05) is 43.4 Å². The maximum atomic E-state index is 12.9. The van der Waals surface area contributed by atoms with Crippen LogP contribution >= 0.6 is 0 Å². The Bertz CT molecular complexity index is 903. The van der Waals surface area contributed by atoms with Gasteiger partial charge in [-0.25, -0.2) is 27.6 Å². The van der Waals surface area contributed by atoms with Gasteiger partial charge in [0.15, 0.2) is 0 Å². The van der Waals surface area contributed by atoms with Gasteiger partial charge in [-0.1, -0.05) is 12.1 Å². The second-order valence-electron chi connectivity index (χ2n) is 6.49. The van der Waals surface area contributed by atoms with Gasteiger partial charge in [0.2, 0.25) is 16.0 Å². The monoisotopic (exact) mass is 422 g/mol. The highest BCUT2D eigenvalue weighted by Crippen LogP contribution is 2.12. The molecule has 2 amide bonds. The number of nitrogens with zero attached hydrogens (tertiary/aromatic N) is 4. The van der Waals surface area contributed by atoms with Crippen molar-refractivity contribution < 1.29 is 17.6 Å². The van der Waals surface area contributed by atoms with Crippen molar-refractivity contribution in [2.24, 2.45) is 0 Å². The summed E-state index contributed by atoms with van der Waals surface area (Å²) in [6.07, 6.45) is 3.30. The minimum atomic E-state index is -3.47. The number of aromatic nitrogens is 2. The molecule has 0 unspecified atom stereocenters. The van der Waals surface area contributed by atoms with Gasteiger partial charge in [-0.15, -0.1) is 0 Å². The molecule has 2 aromatic rings. The summed E-state index contributed by atoms with van der Waals surface area (Å²) in [6.45, 7) is 1.93. The zero-order valence-corrected chi connectivity index (χ0v) is 16.6. The average molecular weight is 422 g/mol. The number of halogens is 1. The van der Waals surface area contributed by atoms with Crippen molar-refractivity contribution in [3.8, 4) is 0 Å². The van der Waals surface area contributed by atoms with E-state index >= 15 is 0 Å². The fourth-order valence-corrected chi connectivity index (χ4v) is 4.23. The summed E-state index contributed by atoms with van der Waals surface area (Å²) in [4.78, 5) is 22.1. The van der Waals surface area contributed by atoms with Crippen LogP contribution in [0.25, 0.3) is 0 Å². The summed E-state index contributed by atoms with van der Waals surface area (Å²) in [5.74, 6) is 0.0586. The van der Waals surface area contributed by atoms with Crippen LogP contribution < -0.4 is 15.5 Å². The van der Waals surface area contributed by atoms with Crippen LogP contribution in [0.5, 0.6) is 0 Å². The van der Waals surface area contributed by atoms with Crippen molar-refractivity contribution in [3.63, 3.8) is 0 Å². The van der Waals surface area contributed by atoms with Crippen LogP contribution in [0, 0.1) is 5.82 Å². The first-order valence-electron chi connectivity index (χ1n) is 9.20. The number of sulfonamides is 1. The third-order valence-corrected chi connectivity index (χ3v) is 6.35. The Labute approximate surface area is 169 Å². The fourth-order valence-electron chi connectivity index (χ4n) is 2.89. The summed E-state index contributed by atoms with van der Waals surface area (Å²) < 4.78 is 39.3. The summed E-state index contributed by atoms with van der Waals surface area (Å²) in [5, 5.41) is 5.14. The lowest BCUT2D eigenvalue weighted by Crippen LogP contribution is -2.50. The number of hydrogen-bond acceptors (Lipinski definition) is 6. The molecule has 0 saturated carbocycles. The molecule has 0 radical (unpaired) electrons. The first kappa shape index (κ1) is 20.9. The molecule has 1 aliphatic rings. The first-order valence-corrected chi connectivity index (χ1v) is 10.8. The third kappa shape index (κ3) is 6.09. The van der Waals surface area contributed by atoms with Gasteiger partial charge < -0.3 is 15.5 Å². The van der Waals surface area contributed by atoms with Crippen molar-refractivity contribution in [3.05, 3.63) is 54.1 Å². The Hall–Kier alpha value is -2.79. The summed E-state index contributed by atoms with van der Waals surface area (Å²) >= 11 is 0. The van der Waals surface area contributed by atoms with E-state index in [9.17, 15) is 17.6 Å². The Morgan fingerprint density at radius 3 is 2.34 bits per heavy atom. The third-order valence-electron chi connectivity index (χ3n) is 4.48. The molecule has 0 spiro atoms. The minimum Gasteiger partial charge on any atom is -0.338 e. The van der Waals surface area contributed by atoms with Gasteiger partial charge in [0, 0.05) is 51.7 Å². The van der Waals surface area contributed by atoms with E-state index in [1.54, 1.807) is 30.6 Å². The van der Waals surface area contributed by atoms with E-state index in [1.165, 1.54) is 16.4 Å². The normalized spacial score (nSPS) is 15.1. The maximum absolute atomic E-state index is 12.9. The van der Waals surface area contributed by atoms with Crippen LogP contribution in [0.1, 0.15) is 5.56 Å². The number of nitrogens with one attached hydrogen (secondary N) is 2. The Morgan fingerprint density at radius 2 is 1.69 bits per heavy atom. The highest BCUT2D eigenvalue weighted by molar-refractivity contribution is 7.89. The van der Waals surface area contributed by atoms with Crippen molar-refractivity contribution in [1.82, 2.24) is 24.9 Å². The zero-order chi connectivity index (χ0) is 20.7. The number of urea groups is 1. The van der Waals surface area contributed by atoms with E-state index in [2.05, 4.69) is 20.6 Å². The van der Waals surface area contributed by atoms with Gasteiger partial charge in [0.05, 0.1) is 5.75 Å². The Balaban J connectivity index is 1.38. The van der Waals surface area contributed by atoms with Crippen LogP contribution in [-0.2, 0) is 16.6 Å². The second kappa shape index (κ2) is 9.61. The number of carbonyl (C=O) groups is 1. The molecular weight excluding hydrogens is 399 g/mol. The molecule has 1 saturated heterocycles. The number of hydrogen-bond donors (Lipinski definition) is 2. The number of carbonyl (C=O) groups excluding carboxylic acids is 1. The minimum absolute atomic E-state index is 0.000402. The lowest BCUT2D eigenvalue weighted by atomic mass is 10.2. The molecule has 0 aliphatic carbocycles. The predicted octanol–water partition coefficient (Wildman–Crippen LogP) is 0.567. The molecule has 2 heterocycles. The summed E-state index contributed by atoms with van der Waals surface area (Å²) in [7, 11) is -3.47. The molecule has 9 nitrogen and oxygen atoms in total. The molecule has 0 bridgehead atoms. The Kier molecular flexibility index (Phi) is 6.94. The van der Waals surface area contributed by atoms with Gasteiger partial charge in [-0.2, -0.15) is 4.31 Å². The largest absolute Gasteiger partial charge is 0.338 e. The average Bonchev–Trinajstić information content (AvgIpc) is 2.74. The molecule has 1 aliphatic heterocycles. The molecule has 0 atom stereocenters. The van der Waals surface area contributed by atoms with Crippen LogP contribution in [0.2, 0.25) is 0 Å². The lowest BCUT2D eigenvalue weighted by molar-refractivity contribution is 0.241. The molecule has 156 valence electrons. The van der Waals surface area contributed by atoms with Crippen molar-refractivity contribution in [1.29, 1.82) is 0 Å². The smallest absolute Gasteiger partial charge is 0.315 e. The van der Waals surface area contributed by atoms with Crippen LogP contribution in [0.15, 0.2) is 42.7 Å². The Morgan fingerprint density at radius 1 is 1.03 bits per heavy atom. The quantitative estimate of drug-likeness (QED) is 0.676. The van der Waals surface area contributed by atoms with Gasteiger partial charge >= 0.3 is 6.03 Å².